The van der Waals surface area contributed by atoms with E-state index >= 15 is 0 Å². The van der Waals surface area contributed by atoms with Crippen LogP contribution in [0, 0.1) is 6.07 Å². The van der Waals surface area contributed by atoms with Crippen LogP contribution in [0.4, 0.5) is 0 Å². The second-order valence-electron chi connectivity index (χ2n) is 1.64. The summed E-state index contributed by atoms with van der Waals surface area (Å²) in [6.45, 7) is 3.62. The quantitative estimate of drug-likeness (QED) is 0.694. The van der Waals surface area contributed by atoms with E-state index in [1.807, 2.05) is 30.3 Å². The molecule has 0 fully saturated rings. The zero-order chi connectivity index (χ0) is 8.53. The summed E-state index contributed by atoms with van der Waals surface area (Å²) in [5.74, 6) is 0. The van der Waals surface area contributed by atoms with Crippen LogP contribution in [0.2, 0.25) is 0 Å². The van der Waals surface area contributed by atoms with Gasteiger partial charge in [0.25, 0.3) is 0 Å². The van der Waals surface area contributed by atoms with E-state index in [2.05, 4.69) is 38.4 Å². The maximum Gasteiger partial charge on any atom is 0.560 e. The number of halogens is 2. The number of hydrogen-bond donors (Lipinski definition) is 0. The molecule has 0 aliphatic heterocycles. The summed E-state index contributed by atoms with van der Waals surface area (Å²) < 4.78 is 0. The second-order valence-corrected chi connectivity index (χ2v) is 9.72. The van der Waals surface area contributed by atoms with E-state index in [0.29, 0.717) is 0 Å². The molecule has 0 saturated heterocycles. The SMILES string of the molecule is C=Cc1cc[c]cc1.[Br][Mg][Br]. The lowest BCUT2D eigenvalue weighted by Crippen LogP contribution is -1.64. The molecule has 0 atom stereocenters. The molecule has 1 aromatic carbocycles. The summed E-state index contributed by atoms with van der Waals surface area (Å²) in [6, 6.07) is 10.6. The molecule has 0 saturated carbocycles. The monoisotopic (exact) mass is 285 g/mol. The van der Waals surface area contributed by atoms with Crippen LogP contribution in [0.3, 0.4) is 0 Å². The van der Waals surface area contributed by atoms with Crippen molar-refractivity contribution in [3.8, 4) is 0 Å². The largest absolute Gasteiger partial charge is 0.560 e. The fourth-order valence-corrected chi connectivity index (χ4v) is 0.536. The fourth-order valence-electron chi connectivity index (χ4n) is 0.536. The highest BCUT2D eigenvalue weighted by atomic mass is 79.9. The van der Waals surface area contributed by atoms with Gasteiger partial charge in [-0.1, -0.05) is 36.9 Å². The van der Waals surface area contributed by atoms with Crippen LogP contribution in [0.1, 0.15) is 5.56 Å². The molecule has 0 aliphatic carbocycles. The van der Waals surface area contributed by atoms with E-state index in [-0.39, 0.29) is 16.0 Å². The maximum atomic E-state index is 3.62. The van der Waals surface area contributed by atoms with Gasteiger partial charge in [-0.15, -0.1) is 0 Å². The highest BCUT2D eigenvalue weighted by Gasteiger charge is 1.76. The standard InChI is InChI=1S/C8H7.2BrH.Mg/c1-2-8-6-4-3-5-7-8;;;/h2,4-7H,1H2;2*1H;/q;;;+2/p-2. The topological polar surface area (TPSA) is 0 Å². The van der Waals surface area contributed by atoms with E-state index < -0.39 is 0 Å². The molecule has 0 aromatic heterocycles. The van der Waals surface area contributed by atoms with Gasteiger partial charge in [0.05, 0.1) is 0 Å². The Balaban J connectivity index is 0.000000292. The first-order chi connectivity index (χ1) is 5.35. The van der Waals surface area contributed by atoms with Crippen molar-refractivity contribution in [3.05, 3.63) is 42.5 Å². The van der Waals surface area contributed by atoms with Crippen LogP contribution >= 0.6 is 25.8 Å². The van der Waals surface area contributed by atoms with Crippen molar-refractivity contribution in [2.24, 2.45) is 0 Å². The van der Waals surface area contributed by atoms with Crippen LogP contribution in [0.15, 0.2) is 30.8 Å². The van der Waals surface area contributed by atoms with Gasteiger partial charge in [0.15, 0.2) is 0 Å². The molecule has 0 nitrogen and oxygen atoms in total. The predicted molar refractivity (Wildman–Crippen MR) is 59.0 cm³/mol. The fraction of sp³-hybridized carbons (Fsp3) is 0. The minimum absolute atomic E-state index is 0.0417. The van der Waals surface area contributed by atoms with Crippen molar-refractivity contribution in [2.45, 2.75) is 0 Å². The van der Waals surface area contributed by atoms with Crippen LogP contribution in [0.5, 0.6) is 0 Å². The molecular weight excluding hydrogens is 280 g/mol. The summed E-state index contributed by atoms with van der Waals surface area (Å²) in [7, 11) is 0. The Kier molecular flexibility index (Phi) is 9.33. The first-order valence-electron chi connectivity index (χ1n) is 3.05. The van der Waals surface area contributed by atoms with Gasteiger partial charge in [-0.25, -0.2) is 0 Å². The van der Waals surface area contributed by atoms with Gasteiger partial charge >= 0.3 is 16.0 Å². The molecular formula is C8H7Br2Mg. The summed E-state index contributed by atoms with van der Waals surface area (Å²) in [6.07, 6.45) is 1.81. The van der Waals surface area contributed by atoms with Gasteiger partial charge in [0.2, 0.25) is 0 Å². The van der Waals surface area contributed by atoms with Crippen LogP contribution in [0.25, 0.3) is 6.08 Å². The Bertz CT molecular complexity index is 187. The Morgan fingerprint density at radius 2 is 1.82 bits per heavy atom. The average molecular weight is 287 g/mol. The smallest absolute Gasteiger partial charge is 0.280 e. The molecule has 0 N–H and O–H groups in total. The van der Waals surface area contributed by atoms with Gasteiger partial charge in [0.1, 0.15) is 0 Å². The Morgan fingerprint density at radius 1 is 1.36 bits per heavy atom. The van der Waals surface area contributed by atoms with Gasteiger partial charge in [-0.3, -0.25) is 25.8 Å². The van der Waals surface area contributed by atoms with Crippen molar-refractivity contribution in [2.75, 3.05) is 0 Å². The third-order valence-corrected chi connectivity index (χ3v) is 0.980. The first kappa shape index (κ1) is 11.7. The molecule has 11 heavy (non-hydrogen) atoms. The molecule has 1 aromatic rings. The first-order valence-corrected chi connectivity index (χ1v) is 10.9. The second kappa shape index (κ2) is 8.78. The third kappa shape index (κ3) is 7.06. The summed E-state index contributed by atoms with van der Waals surface area (Å²) >= 11 is 6.44. The molecule has 3 heteroatoms. The molecule has 0 spiro atoms. The molecule has 0 bridgehead atoms. The van der Waals surface area contributed by atoms with Crippen molar-refractivity contribution in [1.82, 2.24) is 0 Å². The Hall–Kier alpha value is 0.686. The Labute approximate surface area is 89.5 Å². The lowest BCUT2D eigenvalue weighted by Gasteiger charge is -1.84. The maximum absolute atomic E-state index is 3.62. The van der Waals surface area contributed by atoms with Gasteiger partial charge < -0.3 is 0 Å². The van der Waals surface area contributed by atoms with Crippen LogP contribution < -0.4 is 0 Å². The average Bonchev–Trinajstić information content (AvgIpc) is 2.08. The summed E-state index contributed by atoms with van der Waals surface area (Å²) in [5, 5.41) is 0. The lowest BCUT2D eigenvalue weighted by molar-refractivity contribution is 1.65. The van der Waals surface area contributed by atoms with E-state index in [9.17, 15) is 0 Å². The van der Waals surface area contributed by atoms with E-state index in [1.54, 1.807) is 0 Å². The van der Waals surface area contributed by atoms with Crippen LogP contribution in [-0.2, 0) is 0 Å². The van der Waals surface area contributed by atoms with Crippen molar-refractivity contribution < 1.29 is 0 Å². The minimum Gasteiger partial charge on any atom is -0.280 e. The van der Waals surface area contributed by atoms with Crippen molar-refractivity contribution in [1.29, 1.82) is 0 Å². The normalized spacial score (nSPS) is 7.09. The zero-order valence-electron chi connectivity index (χ0n) is 6.06. The number of rotatable bonds is 1. The van der Waals surface area contributed by atoms with Crippen molar-refractivity contribution >= 4 is 47.9 Å². The zero-order valence-corrected chi connectivity index (χ0v) is 10.6. The highest BCUT2D eigenvalue weighted by molar-refractivity contribution is 9.47. The number of benzene rings is 1. The number of hydrogen-bond acceptors (Lipinski definition) is 0. The van der Waals surface area contributed by atoms with Gasteiger partial charge in [0, 0.05) is 0 Å². The molecule has 1 radical (unpaired) electrons. The lowest BCUT2D eigenvalue weighted by atomic mass is 10.2. The van der Waals surface area contributed by atoms with Crippen LogP contribution in [-0.4, -0.2) is 16.0 Å². The van der Waals surface area contributed by atoms with Gasteiger partial charge in [-0.05, 0) is 11.6 Å². The molecule has 0 unspecified atom stereocenters. The molecule has 1 rings (SSSR count). The molecule has 0 aliphatic rings. The Morgan fingerprint density at radius 3 is 2.09 bits per heavy atom. The highest BCUT2D eigenvalue weighted by Crippen LogP contribution is 1.96. The van der Waals surface area contributed by atoms with Gasteiger partial charge in [-0.2, -0.15) is 0 Å². The minimum atomic E-state index is 0.0417. The van der Waals surface area contributed by atoms with E-state index in [4.69, 9.17) is 0 Å². The van der Waals surface area contributed by atoms with Crippen molar-refractivity contribution in [3.63, 3.8) is 0 Å². The molecule has 0 amide bonds. The summed E-state index contributed by atoms with van der Waals surface area (Å²) in [5.41, 5.74) is 1.14. The predicted octanol–water partition coefficient (Wildman–Crippen LogP) is 3.44. The summed E-state index contributed by atoms with van der Waals surface area (Å²) in [4.78, 5) is 0. The van der Waals surface area contributed by atoms with E-state index in [1.165, 1.54) is 0 Å². The third-order valence-electron chi connectivity index (χ3n) is 0.980. The molecule has 55 valence electrons. The molecule has 0 heterocycles. The van der Waals surface area contributed by atoms with E-state index in [0.717, 1.165) is 5.56 Å².